The standard InChI is InChI=1S/C23H21N7O2/c31-22(2-1-7-30-8-10-32-11-9-30)29-21-13-18-20(14-25-21)26-15-27-23(18)28-17-3-4-19-16(12-17)5-6-24-19/h3-6,12-15,24H,7-11H2,(H,25,29,31)(H,26,27,28). The molecular formula is C23H21N7O2. The summed E-state index contributed by atoms with van der Waals surface area (Å²) >= 11 is 0. The second-order valence-electron chi connectivity index (χ2n) is 7.36. The van der Waals surface area contributed by atoms with Gasteiger partial charge in [0.1, 0.15) is 18.0 Å². The molecule has 1 aliphatic rings. The number of pyridine rings is 1. The van der Waals surface area contributed by atoms with Gasteiger partial charge in [-0.15, -0.1) is 0 Å². The summed E-state index contributed by atoms with van der Waals surface area (Å²) in [5, 5.41) is 7.90. The minimum Gasteiger partial charge on any atom is -0.379 e. The third-order valence-electron chi connectivity index (χ3n) is 5.19. The van der Waals surface area contributed by atoms with Crippen LogP contribution in [0.15, 0.2) is 49.1 Å². The van der Waals surface area contributed by atoms with Crippen LogP contribution in [0.4, 0.5) is 17.3 Å². The highest BCUT2D eigenvalue weighted by molar-refractivity contribution is 6.04. The number of amides is 1. The van der Waals surface area contributed by atoms with Gasteiger partial charge in [-0.3, -0.25) is 15.0 Å². The van der Waals surface area contributed by atoms with E-state index >= 15 is 0 Å². The molecule has 3 N–H and O–H groups in total. The topological polar surface area (TPSA) is 108 Å². The maximum atomic E-state index is 12.2. The van der Waals surface area contributed by atoms with Crippen LogP contribution in [0.1, 0.15) is 0 Å². The van der Waals surface area contributed by atoms with Gasteiger partial charge in [0.05, 0.1) is 31.5 Å². The Balaban J connectivity index is 1.32. The fraction of sp³-hybridized carbons (Fsp3) is 0.217. The zero-order chi connectivity index (χ0) is 21.8. The Labute approximate surface area is 184 Å². The van der Waals surface area contributed by atoms with Gasteiger partial charge in [-0.25, -0.2) is 15.0 Å². The molecule has 5 rings (SSSR count). The Bertz CT molecular complexity index is 1330. The molecule has 32 heavy (non-hydrogen) atoms. The predicted molar refractivity (Wildman–Crippen MR) is 123 cm³/mol. The molecule has 0 aliphatic carbocycles. The lowest BCUT2D eigenvalue weighted by Gasteiger charge is -2.24. The minimum absolute atomic E-state index is 0.391. The van der Waals surface area contributed by atoms with Crippen LogP contribution in [-0.2, 0) is 9.53 Å². The number of fused-ring (bicyclic) bond motifs is 2. The number of hydrogen-bond donors (Lipinski definition) is 3. The normalized spacial score (nSPS) is 14.1. The summed E-state index contributed by atoms with van der Waals surface area (Å²) in [4.78, 5) is 30.5. The molecule has 1 aromatic carbocycles. The number of anilines is 3. The van der Waals surface area contributed by atoms with E-state index in [9.17, 15) is 4.79 Å². The molecule has 4 heterocycles. The summed E-state index contributed by atoms with van der Waals surface area (Å²) in [5.41, 5.74) is 2.63. The van der Waals surface area contributed by atoms with Gasteiger partial charge in [-0.05, 0) is 36.3 Å². The van der Waals surface area contributed by atoms with Crippen LogP contribution in [0.5, 0.6) is 0 Å². The summed E-state index contributed by atoms with van der Waals surface area (Å²) < 4.78 is 5.31. The molecule has 0 atom stereocenters. The van der Waals surface area contributed by atoms with Crippen molar-refractivity contribution in [1.82, 2.24) is 24.8 Å². The maximum absolute atomic E-state index is 12.2. The van der Waals surface area contributed by atoms with Crippen LogP contribution in [0.25, 0.3) is 21.8 Å². The van der Waals surface area contributed by atoms with Crippen LogP contribution in [0.2, 0.25) is 0 Å². The van der Waals surface area contributed by atoms with Gasteiger partial charge < -0.3 is 15.0 Å². The van der Waals surface area contributed by atoms with Gasteiger partial charge in [0.2, 0.25) is 0 Å². The highest BCUT2D eigenvalue weighted by Gasteiger charge is 2.10. The first-order chi connectivity index (χ1) is 15.7. The molecule has 0 unspecified atom stereocenters. The average molecular weight is 427 g/mol. The average Bonchev–Trinajstić information content (AvgIpc) is 3.28. The number of aromatic nitrogens is 4. The number of H-pyrrole nitrogens is 1. The Morgan fingerprint density at radius 1 is 1.16 bits per heavy atom. The van der Waals surface area contributed by atoms with Gasteiger partial charge in [-0.1, -0.05) is 5.92 Å². The van der Waals surface area contributed by atoms with Gasteiger partial charge in [-0.2, -0.15) is 0 Å². The van der Waals surface area contributed by atoms with E-state index in [0.29, 0.717) is 36.9 Å². The predicted octanol–water partition coefficient (Wildman–Crippen LogP) is 2.52. The van der Waals surface area contributed by atoms with Crippen LogP contribution in [-0.4, -0.2) is 63.6 Å². The van der Waals surface area contributed by atoms with E-state index in [4.69, 9.17) is 4.74 Å². The van der Waals surface area contributed by atoms with Gasteiger partial charge in [0.15, 0.2) is 0 Å². The Morgan fingerprint density at radius 3 is 2.97 bits per heavy atom. The molecule has 1 aliphatic heterocycles. The number of carbonyl (C=O) groups excluding carboxylic acids is 1. The molecule has 9 heteroatoms. The second-order valence-corrected chi connectivity index (χ2v) is 7.36. The molecule has 0 saturated carbocycles. The minimum atomic E-state index is -0.408. The first-order valence-corrected chi connectivity index (χ1v) is 10.3. The number of carbonyl (C=O) groups is 1. The number of nitrogens with zero attached hydrogens (tertiary/aromatic N) is 4. The molecule has 9 nitrogen and oxygen atoms in total. The van der Waals surface area contributed by atoms with Crippen LogP contribution in [0.3, 0.4) is 0 Å². The summed E-state index contributed by atoms with van der Waals surface area (Å²) in [6.07, 6.45) is 4.99. The fourth-order valence-corrected chi connectivity index (χ4v) is 3.53. The van der Waals surface area contributed by atoms with E-state index < -0.39 is 5.91 Å². The highest BCUT2D eigenvalue weighted by Crippen LogP contribution is 2.26. The van der Waals surface area contributed by atoms with E-state index in [-0.39, 0.29) is 0 Å². The summed E-state index contributed by atoms with van der Waals surface area (Å²) in [6, 6.07) is 9.77. The zero-order valence-corrected chi connectivity index (χ0v) is 17.3. The van der Waals surface area contributed by atoms with E-state index in [1.54, 1.807) is 12.3 Å². The number of morpholine rings is 1. The number of benzene rings is 1. The Hall–Kier alpha value is -4.00. The number of ether oxygens (including phenoxy) is 1. The second kappa shape index (κ2) is 9.01. The summed E-state index contributed by atoms with van der Waals surface area (Å²) in [5.74, 6) is 6.14. The molecule has 1 amide bonds. The van der Waals surface area contributed by atoms with E-state index in [1.807, 2.05) is 30.5 Å². The van der Waals surface area contributed by atoms with Crippen molar-refractivity contribution in [2.45, 2.75) is 0 Å². The molecule has 0 bridgehead atoms. The van der Waals surface area contributed by atoms with Crippen LogP contribution >= 0.6 is 0 Å². The Morgan fingerprint density at radius 2 is 2.06 bits per heavy atom. The van der Waals surface area contributed by atoms with Gasteiger partial charge in [0, 0.05) is 41.3 Å². The number of rotatable bonds is 4. The molecule has 160 valence electrons. The lowest BCUT2D eigenvalue weighted by Crippen LogP contribution is -2.36. The number of nitrogens with one attached hydrogen (secondary N) is 3. The smallest absolute Gasteiger partial charge is 0.301 e. The van der Waals surface area contributed by atoms with Crippen molar-refractivity contribution in [2.24, 2.45) is 0 Å². The van der Waals surface area contributed by atoms with Crippen LogP contribution < -0.4 is 10.6 Å². The third kappa shape index (κ3) is 4.51. The maximum Gasteiger partial charge on any atom is 0.301 e. The van der Waals surface area contributed by atoms with Gasteiger partial charge >= 0.3 is 5.91 Å². The van der Waals surface area contributed by atoms with Crippen molar-refractivity contribution in [3.05, 3.63) is 49.1 Å². The van der Waals surface area contributed by atoms with E-state index in [2.05, 4.69) is 47.3 Å². The number of hydrogen-bond acceptors (Lipinski definition) is 7. The van der Waals surface area contributed by atoms with Crippen molar-refractivity contribution in [3.8, 4) is 11.8 Å². The summed E-state index contributed by atoms with van der Waals surface area (Å²) in [6.45, 7) is 3.60. The summed E-state index contributed by atoms with van der Waals surface area (Å²) in [7, 11) is 0. The molecule has 1 fully saturated rings. The SMILES string of the molecule is O=C(C#CCN1CCOCC1)Nc1cc2c(Nc3ccc4[nH]ccc4c3)ncnc2cn1. The lowest BCUT2D eigenvalue weighted by atomic mass is 10.2. The molecule has 1 saturated heterocycles. The van der Waals surface area contributed by atoms with Crippen molar-refractivity contribution < 1.29 is 9.53 Å². The first kappa shape index (κ1) is 19.9. The molecular weight excluding hydrogens is 406 g/mol. The highest BCUT2D eigenvalue weighted by atomic mass is 16.5. The lowest BCUT2D eigenvalue weighted by molar-refractivity contribution is -0.111. The Kier molecular flexibility index (Phi) is 5.61. The quantitative estimate of drug-likeness (QED) is 0.430. The molecule has 4 aromatic rings. The zero-order valence-electron chi connectivity index (χ0n) is 17.3. The van der Waals surface area contributed by atoms with Crippen molar-refractivity contribution >= 4 is 45.0 Å². The molecule has 3 aromatic heterocycles. The van der Waals surface area contributed by atoms with Crippen molar-refractivity contribution in [3.63, 3.8) is 0 Å². The third-order valence-corrected chi connectivity index (χ3v) is 5.19. The van der Waals surface area contributed by atoms with Gasteiger partial charge in [0.25, 0.3) is 0 Å². The number of aromatic amines is 1. The monoisotopic (exact) mass is 427 g/mol. The van der Waals surface area contributed by atoms with Crippen molar-refractivity contribution in [2.75, 3.05) is 43.5 Å². The first-order valence-electron chi connectivity index (χ1n) is 10.3. The molecule has 0 radical (unpaired) electrons. The van der Waals surface area contributed by atoms with E-state index in [1.165, 1.54) is 6.33 Å². The largest absolute Gasteiger partial charge is 0.379 e. The van der Waals surface area contributed by atoms with Crippen LogP contribution in [0, 0.1) is 11.8 Å². The van der Waals surface area contributed by atoms with Crippen molar-refractivity contribution in [1.29, 1.82) is 0 Å². The fourth-order valence-electron chi connectivity index (χ4n) is 3.53. The molecule has 0 spiro atoms. The van der Waals surface area contributed by atoms with E-state index in [0.717, 1.165) is 35.1 Å².